The zero-order valence-electron chi connectivity index (χ0n) is 12.4. The number of anilines is 1. The molecule has 4 nitrogen and oxygen atoms in total. The number of hydrogen-bond acceptors (Lipinski definition) is 3. The van der Waals surface area contributed by atoms with Crippen molar-refractivity contribution in [2.45, 2.75) is 12.8 Å². The van der Waals surface area contributed by atoms with E-state index in [1.165, 1.54) is 12.8 Å². The molecule has 22 heavy (non-hydrogen) atoms. The summed E-state index contributed by atoms with van der Waals surface area (Å²) in [7, 11) is 0. The average molecular weight is 296 g/mol. The zero-order valence-corrected chi connectivity index (χ0v) is 12.4. The number of benzene rings is 2. The molecule has 1 fully saturated rings. The maximum Gasteiger partial charge on any atom is 0.238 e. The van der Waals surface area contributed by atoms with E-state index in [4.69, 9.17) is 4.74 Å². The highest BCUT2D eigenvalue weighted by Gasteiger charge is 2.20. The van der Waals surface area contributed by atoms with Gasteiger partial charge in [-0.1, -0.05) is 30.3 Å². The van der Waals surface area contributed by atoms with Crippen LogP contribution in [0, 0.1) is 5.92 Å². The first-order chi connectivity index (χ1) is 10.8. The monoisotopic (exact) mass is 296 g/mol. The van der Waals surface area contributed by atoms with Crippen molar-refractivity contribution >= 4 is 11.6 Å². The summed E-state index contributed by atoms with van der Waals surface area (Å²) in [5.41, 5.74) is 0.685. The SMILES string of the molecule is O=C(CNCC1CC1)Nc1ccccc1Oc1ccccc1. The van der Waals surface area contributed by atoms with E-state index in [9.17, 15) is 4.79 Å². The molecule has 114 valence electrons. The van der Waals surface area contributed by atoms with Gasteiger partial charge in [0.15, 0.2) is 5.75 Å². The van der Waals surface area contributed by atoms with Crippen LogP contribution in [0.3, 0.4) is 0 Å². The van der Waals surface area contributed by atoms with Gasteiger partial charge in [0.05, 0.1) is 12.2 Å². The predicted molar refractivity (Wildman–Crippen MR) is 87.2 cm³/mol. The quantitative estimate of drug-likeness (QED) is 0.823. The zero-order chi connectivity index (χ0) is 15.2. The van der Waals surface area contributed by atoms with Crippen LogP contribution in [0.5, 0.6) is 11.5 Å². The molecule has 1 saturated carbocycles. The standard InChI is InChI=1S/C18H20N2O2/c21-18(13-19-12-14-10-11-14)20-16-8-4-5-9-17(16)22-15-6-2-1-3-7-15/h1-9,14,19H,10-13H2,(H,20,21). The lowest BCUT2D eigenvalue weighted by Gasteiger charge is -2.12. The van der Waals surface area contributed by atoms with E-state index in [2.05, 4.69) is 10.6 Å². The molecule has 4 heteroatoms. The third-order valence-corrected chi connectivity index (χ3v) is 3.55. The van der Waals surface area contributed by atoms with Gasteiger partial charge >= 0.3 is 0 Å². The van der Waals surface area contributed by atoms with E-state index in [0.717, 1.165) is 18.2 Å². The highest BCUT2D eigenvalue weighted by molar-refractivity contribution is 5.93. The minimum atomic E-state index is -0.0511. The third-order valence-electron chi connectivity index (χ3n) is 3.55. The van der Waals surface area contributed by atoms with E-state index < -0.39 is 0 Å². The van der Waals surface area contributed by atoms with E-state index in [1.54, 1.807) is 0 Å². The fourth-order valence-corrected chi connectivity index (χ4v) is 2.18. The Bertz CT molecular complexity index is 624. The molecule has 0 atom stereocenters. The molecule has 0 unspecified atom stereocenters. The second-order valence-corrected chi connectivity index (χ2v) is 5.53. The molecular formula is C18H20N2O2. The smallest absolute Gasteiger partial charge is 0.238 e. The summed E-state index contributed by atoms with van der Waals surface area (Å²) in [6, 6.07) is 17.0. The van der Waals surface area contributed by atoms with Crippen molar-refractivity contribution in [3.8, 4) is 11.5 Å². The van der Waals surface area contributed by atoms with Gasteiger partial charge in [-0.05, 0) is 49.6 Å². The van der Waals surface area contributed by atoms with Crippen LogP contribution in [0.4, 0.5) is 5.69 Å². The molecule has 0 aliphatic heterocycles. The van der Waals surface area contributed by atoms with Crippen LogP contribution in [0.15, 0.2) is 54.6 Å². The lowest BCUT2D eigenvalue weighted by molar-refractivity contribution is -0.115. The number of ether oxygens (including phenoxy) is 1. The molecule has 2 aromatic carbocycles. The molecule has 2 aromatic rings. The van der Waals surface area contributed by atoms with Gasteiger partial charge in [-0.25, -0.2) is 0 Å². The topological polar surface area (TPSA) is 50.4 Å². The number of nitrogens with one attached hydrogen (secondary N) is 2. The van der Waals surface area contributed by atoms with E-state index in [-0.39, 0.29) is 5.91 Å². The van der Waals surface area contributed by atoms with Crippen molar-refractivity contribution in [2.75, 3.05) is 18.4 Å². The molecule has 0 spiro atoms. The summed E-state index contributed by atoms with van der Waals surface area (Å²) in [6.45, 7) is 1.26. The summed E-state index contributed by atoms with van der Waals surface area (Å²) in [4.78, 5) is 12.0. The Morgan fingerprint density at radius 1 is 1.05 bits per heavy atom. The second-order valence-electron chi connectivity index (χ2n) is 5.53. The fraction of sp³-hybridized carbons (Fsp3) is 0.278. The first-order valence-electron chi connectivity index (χ1n) is 7.64. The van der Waals surface area contributed by atoms with Crippen molar-refractivity contribution in [1.82, 2.24) is 5.32 Å². The molecule has 1 amide bonds. The number of hydrogen-bond donors (Lipinski definition) is 2. The molecule has 0 heterocycles. The van der Waals surface area contributed by atoms with Gasteiger partial charge in [-0.15, -0.1) is 0 Å². The maximum atomic E-state index is 12.0. The van der Waals surface area contributed by atoms with Crippen molar-refractivity contribution in [2.24, 2.45) is 5.92 Å². The van der Waals surface area contributed by atoms with E-state index >= 15 is 0 Å². The number of para-hydroxylation sites is 3. The summed E-state index contributed by atoms with van der Waals surface area (Å²) >= 11 is 0. The molecule has 0 aromatic heterocycles. The predicted octanol–water partition coefficient (Wildman–Crippen LogP) is 3.42. The Morgan fingerprint density at radius 3 is 2.55 bits per heavy atom. The number of amides is 1. The second kappa shape index (κ2) is 7.09. The van der Waals surface area contributed by atoms with Gasteiger partial charge in [0, 0.05) is 0 Å². The van der Waals surface area contributed by atoms with Crippen molar-refractivity contribution in [3.05, 3.63) is 54.6 Å². The Hall–Kier alpha value is -2.33. The van der Waals surface area contributed by atoms with Crippen LogP contribution in [-0.2, 0) is 4.79 Å². The minimum absolute atomic E-state index is 0.0511. The lowest BCUT2D eigenvalue weighted by Crippen LogP contribution is -2.29. The Kier molecular flexibility index (Phi) is 4.71. The van der Waals surface area contributed by atoms with E-state index in [1.807, 2.05) is 54.6 Å². The van der Waals surface area contributed by atoms with Crippen LogP contribution in [0.1, 0.15) is 12.8 Å². The largest absolute Gasteiger partial charge is 0.455 e. The molecular weight excluding hydrogens is 276 g/mol. The Balaban J connectivity index is 1.59. The fourth-order valence-electron chi connectivity index (χ4n) is 2.18. The molecule has 0 radical (unpaired) electrons. The van der Waals surface area contributed by atoms with Gasteiger partial charge in [0.25, 0.3) is 0 Å². The van der Waals surface area contributed by atoms with Gasteiger partial charge in [-0.3, -0.25) is 4.79 Å². The Morgan fingerprint density at radius 2 is 1.77 bits per heavy atom. The first kappa shape index (κ1) is 14.6. The highest BCUT2D eigenvalue weighted by Crippen LogP contribution is 2.29. The Labute approximate surface area is 130 Å². The van der Waals surface area contributed by atoms with Crippen molar-refractivity contribution < 1.29 is 9.53 Å². The summed E-state index contributed by atoms with van der Waals surface area (Å²) in [5, 5.41) is 6.08. The molecule has 1 aliphatic rings. The van der Waals surface area contributed by atoms with E-state index in [0.29, 0.717) is 18.0 Å². The van der Waals surface area contributed by atoms with Crippen LogP contribution in [0.2, 0.25) is 0 Å². The van der Waals surface area contributed by atoms with Crippen LogP contribution >= 0.6 is 0 Å². The van der Waals surface area contributed by atoms with Crippen LogP contribution in [-0.4, -0.2) is 19.0 Å². The van der Waals surface area contributed by atoms with Gasteiger partial charge in [0.1, 0.15) is 5.75 Å². The van der Waals surface area contributed by atoms with Crippen LogP contribution < -0.4 is 15.4 Å². The number of rotatable bonds is 7. The third kappa shape index (κ3) is 4.33. The van der Waals surface area contributed by atoms with Crippen molar-refractivity contribution in [1.29, 1.82) is 0 Å². The van der Waals surface area contributed by atoms with Crippen molar-refractivity contribution in [3.63, 3.8) is 0 Å². The molecule has 2 N–H and O–H groups in total. The number of carbonyl (C=O) groups excluding carboxylic acids is 1. The summed E-state index contributed by atoms with van der Waals surface area (Å²) < 4.78 is 5.83. The molecule has 0 saturated heterocycles. The normalized spacial score (nSPS) is 13.6. The van der Waals surface area contributed by atoms with Crippen LogP contribution in [0.25, 0.3) is 0 Å². The van der Waals surface area contributed by atoms with Gasteiger partial charge < -0.3 is 15.4 Å². The molecule has 3 rings (SSSR count). The summed E-state index contributed by atoms with van der Waals surface area (Å²) in [6.07, 6.45) is 2.56. The molecule has 0 bridgehead atoms. The summed E-state index contributed by atoms with van der Waals surface area (Å²) in [5.74, 6) is 2.10. The minimum Gasteiger partial charge on any atom is -0.455 e. The highest BCUT2D eigenvalue weighted by atomic mass is 16.5. The average Bonchev–Trinajstić information content (AvgIpc) is 3.35. The van der Waals surface area contributed by atoms with Gasteiger partial charge in [0.2, 0.25) is 5.91 Å². The number of carbonyl (C=O) groups is 1. The van der Waals surface area contributed by atoms with Gasteiger partial charge in [-0.2, -0.15) is 0 Å². The first-order valence-corrected chi connectivity index (χ1v) is 7.64. The lowest BCUT2D eigenvalue weighted by atomic mass is 10.3. The maximum absolute atomic E-state index is 12.0. The molecule has 1 aliphatic carbocycles.